The molecule has 0 radical (unpaired) electrons. The molecular weight excluding hydrogens is 524 g/mol. The van der Waals surface area contributed by atoms with Crippen LogP contribution in [-0.2, 0) is 4.79 Å². The number of hydrogen-bond acceptors (Lipinski definition) is 7. The van der Waals surface area contributed by atoms with Crippen molar-refractivity contribution in [2.75, 3.05) is 13.1 Å². The lowest BCUT2D eigenvalue weighted by Crippen LogP contribution is -2.45. The second-order valence-corrected chi connectivity index (χ2v) is 9.76. The molecule has 1 fully saturated rings. The number of Topliss-reactive ketones (excluding diaryl/α,β-unsaturated/α-hetero) is 1. The molecule has 0 saturated carbocycles. The van der Waals surface area contributed by atoms with Crippen LogP contribution in [0.5, 0.6) is 0 Å². The van der Waals surface area contributed by atoms with Gasteiger partial charge in [0.25, 0.3) is 11.8 Å². The van der Waals surface area contributed by atoms with Crippen molar-refractivity contribution in [1.82, 2.24) is 20.2 Å². The highest BCUT2D eigenvalue weighted by Crippen LogP contribution is 2.27. The van der Waals surface area contributed by atoms with Crippen LogP contribution in [0.4, 0.5) is 0 Å². The number of nitrogens with zero attached hydrogens (tertiary/aromatic N) is 3. The lowest BCUT2D eigenvalue weighted by atomic mass is 10.00. The molecule has 3 heterocycles. The smallest absolute Gasteiger partial charge is 0.335 e. The van der Waals surface area contributed by atoms with Crippen LogP contribution in [-0.4, -0.2) is 62.7 Å². The van der Waals surface area contributed by atoms with Crippen LogP contribution in [0.1, 0.15) is 44.2 Å². The number of rotatable bonds is 7. The third-order valence-electron chi connectivity index (χ3n) is 7.21. The zero-order chi connectivity index (χ0) is 28.5. The maximum atomic E-state index is 13.1. The largest absolute Gasteiger partial charge is 0.478 e. The molecule has 1 saturated heterocycles. The standard InChI is InChI=1S/C31H24N4O6/c36-27(35-14-4-8-25(35)28(37)30-34-23-7-1-2-9-26(23)41-30)17-33-29(38)22-12-13-32-24-16-19(10-11-21(22)24)18-5-3-6-20(15-18)31(39)40/h1-3,5-7,9-13,15-16,25H,4,8,14,17H2,(H,33,38)(H,39,40)/t25-/m0/s1. The Balaban J connectivity index is 1.16. The molecule has 2 amide bonds. The third kappa shape index (κ3) is 5.03. The van der Waals surface area contributed by atoms with E-state index < -0.39 is 17.9 Å². The molecule has 1 aliphatic heterocycles. The fourth-order valence-electron chi connectivity index (χ4n) is 5.17. The average molecular weight is 549 g/mol. The molecule has 10 heteroatoms. The zero-order valence-corrected chi connectivity index (χ0v) is 21.7. The molecule has 204 valence electrons. The highest BCUT2D eigenvalue weighted by atomic mass is 16.4. The van der Waals surface area contributed by atoms with Crippen molar-refractivity contribution in [1.29, 1.82) is 0 Å². The first-order valence-electron chi connectivity index (χ1n) is 13.1. The summed E-state index contributed by atoms with van der Waals surface area (Å²) in [5.41, 5.74) is 3.60. The summed E-state index contributed by atoms with van der Waals surface area (Å²) in [6, 6.07) is 19.8. The van der Waals surface area contributed by atoms with Crippen molar-refractivity contribution in [3.8, 4) is 11.1 Å². The molecule has 0 aliphatic carbocycles. The summed E-state index contributed by atoms with van der Waals surface area (Å²) in [5.74, 6) is -2.23. The van der Waals surface area contributed by atoms with Gasteiger partial charge in [0.15, 0.2) is 5.58 Å². The summed E-state index contributed by atoms with van der Waals surface area (Å²) < 4.78 is 5.62. The van der Waals surface area contributed by atoms with Crippen molar-refractivity contribution in [2.45, 2.75) is 18.9 Å². The van der Waals surface area contributed by atoms with E-state index in [-0.39, 0.29) is 29.7 Å². The van der Waals surface area contributed by atoms with E-state index in [1.807, 2.05) is 0 Å². The number of carbonyl (C=O) groups is 4. The van der Waals surface area contributed by atoms with Crippen LogP contribution in [0, 0.1) is 0 Å². The fourth-order valence-corrected chi connectivity index (χ4v) is 5.17. The minimum absolute atomic E-state index is 0.0303. The third-order valence-corrected chi connectivity index (χ3v) is 7.21. The summed E-state index contributed by atoms with van der Waals surface area (Å²) in [6.07, 6.45) is 2.65. The van der Waals surface area contributed by atoms with Crippen LogP contribution in [0.3, 0.4) is 0 Å². The van der Waals surface area contributed by atoms with Gasteiger partial charge in [-0.15, -0.1) is 0 Å². The Bertz CT molecular complexity index is 1810. The highest BCUT2D eigenvalue weighted by molar-refractivity contribution is 6.08. The molecule has 41 heavy (non-hydrogen) atoms. The van der Waals surface area contributed by atoms with Gasteiger partial charge in [-0.05, 0) is 60.4 Å². The molecule has 0 unspecified atom stereocenters. The zero-order valence-electron chi connectivity index (χ0n) is 21.7. The number of ketones is 1. The summed E-state index contributed by atoms with van der Waals surface area (Å²) in [6.45, 7) is 0.120. The Hall–Kier alpha value is -5.38. The normalized spacial score (nSPS) is 14.8. The number of para-hydroxylation sites is 2. The first-order valence-corrected chi connectivity index (χ1v) is 13.1. The molecule has 0 spiro atoms. The van der Waals surface area contributed by atoms with E-state index in [9.17, 15) is 24.3 Å². The predicted molar refractivity (Wildman–Crippen MR) is 150 cm³/mol. The summed E-state index contributed by atoms with van der Waals surface area (Å²) >= 11 is 0. The second-order valence-electron chi connectivity index (χ2n) is 9.76. The molecule has 2 aromatic heterocycles. The number of pyridine rings is 1. The van der Waals surface area contributed by atoms with E-state index in [2.05, 4.69) is 15.3 Å². The van der Waals surface area contributed by atoms with E-state index in [0.29, 0.717) is 52.5 Å². The quantitative estimate of drug-likeness (QED) is 0.286. The van der Waals surface area contributed by atoms with Crippen molar-refractivity contribution in [3.05, 3.63) is 96.0 Å². The number of aromatic nitrogens is 2. The minimum atomic E-state index is -1.02. The Labute approximate surface area is 233 Å². The van der Waals surface area contributed by atoms with Crippen molar-refractivity contribution in [2.24, 2.45) is 0 Å². The van der Waals surface area contributed by atoms with Gasteiger partial charge >= 0.3 is 5.97 Å². The Kier molecular flexibility index (Phi) is 6.72. The maximum Gasteiger partial charge on any atom is 0.335 e. The van der Waals surface area contributed by atoms with Gasteiger partial charge in [0, 0.05) is 18.1 Å². The second kappa shape index (κ2) is 10.6. The maximum absolute atomic E-state index is 13.1. The first-order chi connectivity index (χ1) is 19.9. The Morgan fingerprint density at radius 1 is 0.951 bits per heavy atom. The SMILES string of the molecule is O=C(O)c1cccc(-c2ccc3c(C(=O)NCC(=O)N4CCC[C@H]4C(=O)c4nc5ccccc5o4)ccnc3c2)c1. The van der Waals surface area contributed by atoms with Crippen LogP contribution < -0.4 is 5.32 Å². The number of benzene rings is 3. The fraction of sp³-hybridized carbons (Fsp3) is 0.161. The van der Waals surface area contributed by atoms with Crippen LogP contribution in [0.15, 0.2) is 83.4 Å². The molecular formula is C31H24N4O6. The summed E-state index contributed by atoms with van der Waals surface area (Å²) in [7, 11) is 0. The van der Waals surface area contributed by atoms with Gasteiger partial charge < -0.3 is 19.7 Å². The number of aromatic carboxylic acids is 1. The van der Waals surface area contributed by atoms with E-state index >= 15 is 0 Å². The number of fused-ring (bicyclic) bond motifs is 2. The van der Waals surface area contributed by atoms with Crippen molar-refractivity contribution in [3.63, 3.8) is 0 Å². The number of amides is 2. The number of hydrogen-bond donors (Lipinski definition) is 2. The van der Waals surface area contributed by atoms with Gasteiger partial charge in [-0.25, -0.2) is 9.78 Å². The lowest BCUT2D eigenvalue weighted by Gasteiger charge is -2.22. The van der Waals surface area contributed by atoms with Crippen molar-refractivity contribution >= 4 is 45.6 Å². The van der Waals surface area contributed by atoms with E-state index in [4.69, 9.17) is 4.42 Å². The molecule has 0 bridgehead atoms. The number of nitrogens with one attached hydrogen (secondary N) is 1. The minimum Gasteiger partial charge on any atom is -0.478 e. The molecule has 3 aromatic carbocycles. The number of likely N-dealkylation sites (tertiary alicyclic amines) is 1. The van der Waals surface area contributed by atoms with Crippen molar-refractivity contribution < 1.29 is 28.7 Å². The van der Waals surface area contributed by atoms with Gasteiger partial charge in [0.1, 0.15) is 11.6 Å². The average Bonchev–Trinajstić information content (AvgIpc) is 3.67. The van der Waals surface area contributed by atoms with Crippen LogP contribution in [0.2, 0.25) is 0 Å². The Morgan fingerprint density at radius 3 is 2.61 bits per heavy atom. The molecule has 10 nitrogen and oxygen atoms in total. The molecule has 1 aliphatic rings. The molecule has 5 aromatic rings. The monoisotopic (exact) mass is 548 g/mol. The summed E-state index contributed by atoms with van der Waals surface area (Å²) in [5, 5.41) is 12.6. The Morgan fingerprint density at radius 2 is 1.78 bits per heavy atom. The predicted octanol–water partition coefficient (Wildman–Crippen LogP) is 4.34. The van der Waals surface area contributed by atoms with Crippen LogP contribution in [0.25, 0.3) is 33.1 Å². The van der Waals surface area contributed by atoms with Gasteiger partial charge in [-0.1, -0.05) is 36.4 Å². The lowest BCUT2D eigenvalue weighted by molar-refractivity contribution is -0.130. The molecule has 2 N–H and O–H groups in total. The summed E-state index contributed by atoms with van der Waals surface area (Å²) in [4.78, 5) is 60.8. The topological polar surface area (TPSA) is 143 Å². The van der Waals surface area contributed by atoms with Gasteiger partial charge in [0.2, 0.25) is 11.7 Å². The van der Waals surface area contributed by atoms with E-state index in [0.717, 1.165) is 5.56 Å². The number of carboxylic acids is 1. The van der Waals surface area contributed by atoms with Gasteiger partial charge in [0.05, 0.1) is 23.2 Å². The molecule has 1 atom stereocenters. The van der Waals surface area contributed by atoms with Gasteiger partial charge in [-0.2, -0.15) is 0 Å². The van der Waals surface area contributed by atoms with E-state index in [1.54, 1.807) is 66.7 Å². The number of oxazole rings is 1. The number of carbonyl (C=O) groups excluding carboxylic acids is 3. The highest BCUT2D eigenvalue weighted by Gasteiger charge is 2.36. The van der Waals surface area contributed by atoms with E-state index in [1.165, 1.54) is 17.2 Å². The number of carboxylic acid groups (broad SMARTS) is 1. The first kappa shape index (κ1) is 25.9. The van der Waals surface area contributed by atoms with Crippen LogP contribution >= 0.6 is 0 Å². The van der Waals surface area contributed by atoms with Gasteiger partial charge in [-0.3, -0.25) is 19.4 Å². The molecule has 6 rings (SSSR count).